The Morgan fingerprint density at radius 1 is 0.932 bits per heavy atom. The van der Waals surface area contributed by atoms with E-state index in [9.17, 15) is 29.7 Å². The molecule has 1 amide bonds. The van der Waals surface area contributed by atoms with Crippen LogP contribution in [0.4, 0.5) is 5.69 Å². The molecule has 0 atom stereocenters. The lowest BCUT2D eigenvalue weighted by Gasteiger charge is -2.17. The van der Waals surface area contributed by atoms with Gasteiger partial charge < -0.3 is 31.5 Å². The van der Waals surface area contributed by atoms with Gasteiger partial charge in [0, 0.05) is 29.9 Å². The van der Waals surface area contributed by atoms with Gasteiger partial charge in [-0.2, -0.15) is 0 Å². The monoisotopic (exact) mass is 600 g/mol. The number of carbonyl (C=O) groups excluding carboxylic acids is 1. The van der Waals surface area contributed by atoms with E-state index in [0.29, 0.717) is 5.69 Å². The van der Waals surface area contributed by atoms with Crippen molar-refractivity contribution in [3.05, 3.63) is 83.3 Å². The number of nitrogens with zero attached hydrogens (tertiary/aromatic N) is 5. The second-order valence-electron chi connectivity index (χ2n) is 10.1. The lowest BCUT2D eigenvalue weighted by molar-refractivity contribution is 0.0682. The van der Waals surface area contributed by atoms with Gasteiger partial charge in [0.15, 0.2) is 0 Å². The predicted octanol–water partition coefficient (Wildman–Crippen LogP) is 2.45. The summed E-state index contributed by atoms with van der Waals surface area (Å²) < 4.78 is 1.31. The van der Waals surface area contributed by atoms with Crippen LogP contribution in [-0.2, 0) is 0 Å². The van der Waals surface area contributed by atoms with Crippen molar-refractivity contribution in [2.75, 3.05) is 5.01 Å². The van der Waals surface area contributed by atoms with E-state index in [4.69, 9.17) is 16.7 Å². The summed E-state index contributed by atoms with van der Waals surface area (Å²) in [7, 11) is 0. The molecule has 9 N–H and O–H groups in total. The van der Waals surface area contributed by atoms with E-state index in [0.717, 1.165) is 36.8 Å². The minimum Gasteiger partial charge on any atom is -0.507 e. The van der Waals surface area contributed by atoms with Crippen LogP contribution in [0.25, 0.3) is 22.8 Å². The van der Waals surface area contributed by atoms with E-state index < -0.39 is 23.4 Å². The number of pyridine rings is 1. The van der Waals surface area contributed by atoms with Crippen LogP contribution in [0.1, 0.15) is 62.5 Å². The van der Waals surface area contributed by atoms with Crippen LogP contribution < -0.4 is 21.9 Å². The average molecular weight is 601 g/mol. The highest BCUT2D eigenvalue weighted by Gasteiger charge is 2.21. The second kappa shape index (κ2) is 12.1. The number of amides is 1. The summed E-state index contributed by atoms with van der Waals surface area (Å²) in [4.78, 5) is 40.3. The third-order valence-electron chi connectivity index (χ3n) is 7.09. The van der Waals surface area contributed by atoms with Gasteiger partial charge in [-0.3, -0.25) is 9.80 Å². The van der Waals surface area contributed by atoms with Crippen LogP contribution in [0, 0.1) is 0 Å². The highest BCUT2D eigenvalue weighted by Crippen LogP contribution is 2.27. The van der Waals surface area contributed by atoms with Crippen molar-refractivity contribution in [1.29, 1.82) is 0 Å². The molecule has 2 heterocycles. The van der Waals surface area contributed by atoms with E-state index in [1.54, 1.807) is 0 Å². The number of hydrazine groups is 1. The third-order valence-corrected chi connectivity index (χ3v) is 7.09. The maximum absolute atomic E-state index is 13.3. The molecule has 2 aromatic carbocycles. The van der Waals surface area contributed by atoms with Gasteiger partial charge in [-0.1, -0.05) is 18.1 Å². The fourth-order valence-corrected chi connectivity index (χ4v) is 4.78. The number of carboxylic acid groups (broad SMARTS) is 2. The Hall–Kier alpha value is -5.96. The lowest BCUT2D eigenvalue weighted by atomic mass is 10.1. The Morgan fingerprint density at radius 3 is 2.23 bits per heavy atom. The van der Waals surface area contributed by atoms with Gasteiger partial charge in [-0.25, -0.2) is 25.1 Å². The molecule has 15 nitrogen and oxygen atoms in total. The Balaban J connectivity index is 1.50. The van der Waals surface area contributed by atoms with E-state index in [-0.39, 0.29) is 57.1 Å². The van der Waals surface area contributed by atoms with Crippen LogP contribution in [-0.4, -0.2) is 64.3 Å². The molecule has 0 unspecified atom stereocenters. The number of nitrogens with two attached hydrogens (primary N) is 2. The molecule has 5 rings (SSSR count). The standard InChI is InChI=1S/C29H28N8O7/c30-21(13-36(31)17-5-7-19(28(41)42)25(38)11-17)22-9-15(27(40)32-16-3-1-2-4-16)10-23(33-22)24-14-37(35-34-24)18-6-8-20(29(43)44)26(39)12-18/h5-14,16,38-39H,1-4,30-31H2,(H,32,40)(H,41,42)(H,43,44)/b21-13-. The van der Waals surface area contributed by atoms with Crippen molar-refractivity contribution in [1.82, 2.24) is 25.3 Å². The Bertz CT molecular complexity index is 1800. The fraction of sp³-hybridized carbons (Fsp3) is 0.172. The van der Waals surface area contributed by atoms with Gasteiger partial charge in [0.2, 0.25) is 0 Å². The lowest BCUT2D eigenvalue weighted by Crippen LogP contribution is -2.32. The zero-order chi connectivity index (χ0) is 31.5. The molecule has 15 heteroatoms. The van der Waals surface area contributed by atoms with E-state index in [2.05, 4.69) is 20.6 Å². The molecule has 0 aliphatic heterocycles. The van der Waals surface area contributed by atoms with Gasteiger partial charge in [0.1, 0.15) is 28.3 Å². The number of aromatic nitrogens is 4. The first kappa shape index (κ1) is 29.5. The van der Waals surface area contributed by atoms with Crippen molar-refractivity contribution in [2.24, 2.45) is 11.6 Å². The van der Waals surface area contributed by atoms with Crippen molar-refractivity contribution in [3.63, 3.8) is 0 Å². The first-order valence-corrected chi connectivity index (χ1v) is 13.4. The summed E-state index contributed by atoms with van der Waals surface area (Å²) in [6, 6.07) is 10.7. The number of carbonyl (C=O) groups is 3. The molecule has 1 aliphatic carbocycles. The summed E-state index contributed by atoms with van der Waals surface area (Å²) in [6.45, 7) is 0. The number of nitrogens with one attached hydrogen (secondary N) is 1. The van der Waals surface area contributed by atoms with Crippen LogP contribution in [0.3, 0.4) is 0 Å². The number of carboxylic acids is 2. The maximum Gasteiger partial charge on any atom is 0.339 e. The molecule has 0 saturated heterocycles. The molecule has 0 bridgehead atoms. The quantitative estimate of drug-likeness (QED) is 0.108. The Kier molecular flexibility index (Phi) is 8.12. The molecule has 44 heavy (non-hydrogen) atoms. The number of hydrogen-bond donors (Lipinski definition) is 7. The summed E-state index contributed by atoms with van der Waals surface area (Å²) in [5.74, 6) is 2.26. The van der Waals surface area contributed by atoms with Gasteiger partial charge in [0.05, 0.1) is 34.7 Å². The minimum absolute atomic E-state index is 0.0349. The molecule has 2 aromatic heterocycles. The molecule has 0 spiro atoms. The summed E-state index contributed by atoms with van der Waals surface area (Å²) in [5, 5.41) is 50.8. The topological polar surface area (TPSA) is 243 Å². The van der Waals surface area contributed by atoms with Crippen molar-refractivity contribution >= 4 is 29.2 Å². The molecule has 1 saturated carbocycles. The van der Waals surface area contributed by atoms with E-state index in [1.807, 2.05) is 0 Å². The van der Waals surface area contributed by atoms with E-state index in [1.165, 1.54) is 59.5 Å². The van der Waals surface area contributed by atoms with Crippen LogP contribution in [0.15, 0.2) is 60.9 Å². The minimum atomic E-state index is -1.30. The zero-order valence-electron chi connectivity index (χ0n) is 23.1. The van der Waals surface area contributed by atoms with Crippen molar-refractivity contribution < 1.29 is 34.8 Å². The molecular weight excluding hydrogens is 572 g/mol. The van der Waals surface area contributed by atoms with Crippen LogP contribution in [0.2, 0.25) is 0 Å². The highest BCUT2D eigenvalue weighted by atomic mass is 16.4. The SMILES string of the molecule is N/C(=C\N(N)c1ccc(C(=O)O)c(O)c1)c1cc(C(=O)NC2CCCC2)cc(-c2cn(-c3ccc(C(=O)O)c(O)c3)nn2)n1. The summed E-state index contributed by atoms with van der Waals surface area (Å²) in [5.41, 5.74) is 7.27. The second-order valence-corrected chi connectivity index (χ2v) is 10.1. The summed E-state index contributed by atoms with van der Waals surface area (Å²) >= 11 is 0. The fourth-order valence-electron chi connectivity index (χ4n) is 4.78. The molecule has 1 fully saturated rings. The number of hydrogen-bond acceptors (Lipinski definition) is 11. The third kappa shape index (κ3) is 6.27. The number of benzene rings is 2. The zero-order valence-corrected chi connectivity index (χ0v) is 23.1. The van der Waals surface area contributed by atoms with Crippen molar-refractivity contribution in [3.8, 4) is 28.6 Å². The smallest absolute Gasteiger partial charge is 0.339 e. The number of rotatable bonds is 9. The molecule has 4 aromatic rings. The molecule has 1 aliphatic rings. The predicted molar refractivity (Wildman–Crippen MR) is 157 cm³/mol. The first-order chi connectivity index (χ1) is 21.0. The van der Waals surface area contributed by atoms with Crippen LogP contribution in [0.5, 0.6) is 11.5 Å². The average Bonchev–Trinajstić information content (AvgIpc) is 3.69. The van der Waals surface area contributed by atoms with Gasteiger partial charge in [-0.15, -0.1) is 5.10 Å². The van der Waals surface area contributed by atoms with E-state index >= 15 is 0 Å². The van der Waals surface area contributed by atoms with Gasteiger partial charge >= 0.3 is 11.9 Å². The van der Waals surface area contributed by atoms with Gasteiger partial charge in [0.25, 0.3) is 5.91 Å². The van der Waals surface area contributed by atoms with Crippen LogP contribution >= 0.6 is 0 Å². The van der Waals surface area contributed by atoms with Gasteiger partial charge in [-0.05, 0) is 49.2 Å². The Morgan fingerprint density at radius 2 is 1.59 bits per heavy atom. The molecule has 226 valence electrons. The number of aromatic hydroxyl groups is 2. The highest BCUT2D eigenvalue weighted by molar-refractivity contribution is 5.96. The number of anilines is 1. The number of aromatic carboxylic acids is 2. The van der Waals surface area contributed by atoms with Crippen molar-refractivity contribution in [2.45, 2.75) is 31.7 Å². The maximum atomic E-state index is 13.3. The number of phenols is 2. The normalized spacial score (nSPS) is 13.5. The Labute approximate surface area is 249 Å². The molecule has 0 radical (unpaired) electrons. The first-order valence-electron chi connectivity index (χ1n) is 13.4. The largest absolute Gasteiger partial charge is 0.507 e. The summed E-state index contributed by atoms with van der Waals surface area (Å²) in [6.07, 6.45) is 6.57. The molecular formula is C29H28N8O7.